The number of thioether (sulfide) groups is 3. The summed E-state index contributed by atoms with van der Waals surface area (Å²) in [5.74, 6) is -0.307. The van der Waals surface area contributed by atoms with Gasteiger partial charge >= 0.3 is 0 Å². The fraction of sp³-hybridized carbons (Fsp3) is 0.167. The average Bonchev–Trinajstić information content (AvgIpc) is 3.70. The summed E-state index contributed by atoms with van der Waals surface area (Å²) in [6, 6.07) is 24.5. The van der Waals surface area contributed by atoms with E-state index in [0.29, 0.717) is 27.7 Å². The molecule has 3 N–H and O–H groups in total. The van der Waals surface area contributed by atoms with Crippen LogP contribution in [0.15, 0.2) is 87.5 Å². The number of hydrogen-bond acceptors (Lipinski definition) is 9. The van der Waals surface area contributed by atoms with Gasteiger partial charge in [0.25, 0.3) is 17.7 Å². The minimum absolute atomic E-state index is 0.102. The number of aryl methyl sites for hydroxylation is 3. The minimum atomic E-state index is -0.102. The maximum Gasteiger partial charge on any atom is 0.263 e. The van der Waals surface area contributed by atoms with Gasteiger partial charge in [-0.25, -0.2) is 0 Å². The fourth-order valence-electron chi connectivity index (χ4n) is 4.27. The Morgan fingerprint density at radius 1 is 0.458 bits per heavy atom. The van der Waals surface area contributed by atoms with Gasteiger partial charge < -0.3 is 16.0 Å². The van der Waals surface area contributed by atoms with Crippen LogP contribution in [0.4, 0.5) is 0 Å². The van der Waals surface area contributed by atoms with Crippen LogP contribution >= 0.6 is 71.9 Å². The molecule has 3 heterocycles. The zero-order chi connectivity index (χ0) is 34.6. The van der Waals surface area contributed by atoms with Gasteiger partial charge in [-0.1, -0.05) is 166 Å². The van der Waals surface area contributed by atoms with Crippen molar-refractivity contribution in [3.63, 3.8) is 0 Å². The molecule has 0 bridgehead atoms. The maximum absolute atomic E-state index is 11.4. The minimum Gasteiger partial charge on any atom is -0.307 e. The summed E-state index contributed by atoms with van der Waals surface area (Å²) in [4.78, 5) is 36.3. The first-order valence-electron chi connectivity index (χ1n) is 15.1. The van der Waals surface area contributed by atoms with Crippen LogP contribution in [0.1, 0.15) is 54.2 Å². The van der Waals surface area contributed by atoms with Gasteiger partial charge in [-0.3, -0.25) is 14.4 Å². The Morgan fingerprint density at radius 3 is 0.854 bits per heavy atom. The van der Waals surface area contributed by atoms with Crippen LogP contribution in [-0.4, -0.2) is 30.7 Å². The van der Waals surface area contributed by atoms with Crippen LogP contribution in [0.5, 0.6) is 0 Å². The third kappa shape index (κ3) is 11.4. The van der Waals surface area contributed by atoms with E-state index < -0.39 is 0 Å². The van der Waals surface area contributed by atoms with Crippen LogP contribution in [0, 0.1) is 0 Å². The maximum atomic E-state index is 11.4. The molecule has 0 aromatic heterocycles. The Hall–Kier alpha value is -3.39. The second-order valence-electron chi connectivity index (χ2n) is 10.3. The van der Waals surface area contributed by atoms with Crippen LogP contribution in [-0.2, 0) is 33.6 Å². The Labute approximate surface area is 310 Å². The predicted octanol–water partition coefficient (Wildman–Crippen LogP) is 8.21. The van der Waals surface area contributed by atoms with Crippen molar-refractivity contribution in [1.29, 1.82) is 0 Å². The highest BCUT2D eigenvalue weighted by atomic mass is 32.2. The van der Waals surface area contributed by atoms with Crippen molar-refractivity contribution in [2.24, 2.45) is 0 Å². The summed E-state index contributed by atoms with van der Waals surface area (Å²) in [5.41, 5.74) is 6.96. The molecule has 6 nitrogen and oxygen atoms in total. The number of carbonyl (C=O) groups excluding carboxylic acids is 3. The van der Waals surface area contributed by atoms with Crippen molar-refractivity contribution in [2.75, 3.05) is 0 Å². The molecule has 3 aliphatic rings. The molecular formula is C36H33N3O3S6. The summed E-state index contributed by atoms with van der Waals surface area (Å²) in [6.45, 7) is 6.35. The van der Waals surface area contributed by atoms with E-state index in [9.17, 15) is 14.4 Å². The lowest BCUT2D eigenvalue weighted by Gasteiger charge is -1.98. The molecule has 3 aliphatic heterocycles. The lowest BCUT2D eigenvalue weighted by molar-refractivity contribution is -0.116. The largest absolute Gasteiger partial charge is 0.307 e. The molecule has 3 aromatic rings. The Kier molecular flexibility index (Phi) is 14.3. The van der Waals surface area contributed by atoms with Crippen LogP contribution in [0.2, 0.25) is 0 Å². The van der Waals surface area contributed by atoms with Gasteiger partial charge in [0, 0.05) is 0 Å². The van der Waals surface area contributed by atoms with E-state index in [1.54, 1.807) is 0 Å². The van der Waals surface area contributed by atoms with Gasteiger partial charge in [0.15, 0.2) is 0 Å². The first-order chi connectivity index (χ1) is 23.1. The first kappa shape index (κ1) is 37.4. The number of thiocarbonyl (C=S) groups is 3. The van der Waals surface area contributed by atoms with Gasteiger partial charge in [-0.2, -0.15) is 0 Å². The Morgan fingerprint density at radius 2 is 0.688 bits per heavy atom. The monoisotopic (exact) mass is 747 g/mol. The third-order valence-electron chi connectivity index (χ3n) is 6.98. The molecule has 0 atom stereocenters. The van der Waals surface area contributed by atoms with Crippen LogP contribution in [0.3, 0.4) is 0 Å². The number of hydrogen-bond donors (Lipinski definition) is 3. The molecule has 3 saturated heterocycles. The highest BCUT2D eigenvalue weighted by Crippen LogP contribution is 2.27. The smallest absolute Gasteiger partial charge is 0.263 e. The van der Waals surface area contributed by atoms with E-state index in [2.05, 4.69) is 73.1 Å². The lowest BCUT2D eigenvalue weighted by atomic mass is 10.1. The highest BCUT2D eigenvalue weighted by molar-refractivity contribution is 8.27. The number of nitrogens with one attached hydrogen (secondary N) is 3. The third-order valence-corrected chi connectivity index (χ3v) is 10.5. The van der Waals surface area contributed by atoms with E-state index in [1.807, 2.05) is 54.6 Å². The van der Waals surface area contributed by atoms with Crippen molar-refractivity contribution in [3.8, 4) is 0 Å². The summed E-state index contributed by atoms with van der Waals surface area (Å²) < 4.78 is 1.59. The molecule has 0 aliphatic carbocycles. The average molecular weight is 748 g/mol. The van der Waals surface area contributed by atoms with Gasteiger partial charge in [-0.05, 0) is 70.9 Å². The number of carbonyl (C=O) groups is 3. The SMILES string of the molecule is CCc1ccc(/C=C2/SC(=S)NC2=O)cc1.CCc1ccc(/C=C2/SC(=S)NC2=O)cc1.CCc1ccc(/C=C2/SC(=S)NC2=O)cc1. The summed E-state index contributed by atoms with van der Waals surface area (Å²) in [5, 5.41) is 7.79. The van der Waals surface area contributed by atoms with E-state index in [4.69, 9.17) is 36.7 Å². The predicted molar refractivity (Wildman–Crippen MR) is 216 cm³/mol. The topological polar surface area (TPSA) is 87.3 Å². The second kappa shape index (κ2) is 18.4. The molecule has 48 heavy (non-hydrogen) atoms. The standard InChI is InChI=1S/3C12H11NOS2/c3*1-2-8-3-5-9(6-4-8)7-10-11(14)13-12(15)16-10/h3*3-7H,2H2,1H3,(H,13,14,15)/b3*10-7+. The molecule has 0 saturated carbocycles. The number of benzene rings is 3. The van der Waals surface area contributed by atoms with Gasteiger partial charge in [0.2, 0.25) is 0 Å². The second-order valence-corrected chi connectivity index (χ2v) is 15.5. The first-order valence-corrected chi connectivity index (χ1v) is 18.8. The molecule has 0 unspecified atom stereocenters. The molecular weight excluding hydrogens is 715 g/mol. The molecule has 3 fully saturated rings. The number of amides is 3. The zero-order valence-corrected chi connectivity index (χ0v) is 31.4. The lowest BCUT2D eigenvalue weighted by Crippen LogP contribution is -2.17. The Balaban J connectivity index is 0.000000163. The van der Waals surface area contributed by atoms with E-state index in [0.717, 1.165) is 36.0 Å². The number of rotatable bonds is 6. The quantitative estimate of drug-likeness (QED) is 0.171. The van der Waals surface area contributed by atoms with Crippen molar-refractivity contribution in [3.05, 3.63) is 121 Å². The Bertz CT molecular complexity index is 1600. The van der Waals surface area contributed by atoms with E-state index in [1.165, 1.54) is 52.0 Å². The van der Waals surface area contributed by atoms with Crippen LogP contribution in [0.25, 0.3) is 18.2 Å². The van der Waals surface area contributed by atoms with E-state index >= 15 is 0 Å². The molecule has 3 amide bonds. The van der Waals surface area contributed by atoms with Gasteiger partial charge in [0.1, 0.15) is 13.0 Å². The fourth-order valence-corrected chi connectivity index (χ4v) is 7.40. The zero-order valence-electron chi connectivity index (χ0n) is 26.5. The molecule has 12 heteroatoms. The summed E-state index contributed by atoms with van der Waals surface area (Å²) in [7, 11) is 0. The van der Waals surface area contributed by atoms with Gasteiger partial charge in [0.05, 0.1) is 14.7 Å². The molecule has 6 rings (SSSR count). The molecule has 0 radical (unpaired) electrons. The molecule has 246 valence electrons. The molecule has 0 spiro atoms. The summed E-state index contributed by atoms with van der Waals surface area (Å²) >= 11 is 18.7. The highest BCUT2D eigenvalue weighted by Gasteiger charge is 2.23. The van der Waals surface area contributed by atoms with Crippen molar-refractivity contribution < 1.29 is 14.4 Å². The van der Waals surface area contributed by atoms with Crippen molar-refractivity contribution in [1.82, 2.24) is 16.0 Å². The van der Waals surface area contributed by atoms with Gasteiger partial charge in [-0.15, -0.1) is 0 Å². The summed E-state index contributed by atoms with van der Waals surface area (Å²) in [6.07, 6.45) is 8.65. The molecule has 3 aromatic carbocycles. The van der Waals surface area contributed by atoms with Crippen molar-refractivity contribution >= 4 is 121 Å². The normalized spacial score (nSPS) is 17.9. The van der Waals surface area contributed by atoms with Crippen molar-refractivity contribution in [2.45, 2.75) is 40.0 Å². The van der Waals surface area contributed by atoms with Crippen LogP contribution < -0.4 is 16.0 Å². The van der Waals surface area contributed by atoms with E-state index in [-0.39, 0.29) is 17.7 Å².